The summed E-state index contributed by atoms with van der Waals surface area (Å²) in [4.78, 5) is 12.5. The Balaban J connectivity index is 1.22. The number of hydrogen-bond donors (Lipinski definition) is 0. The van der Waals surface area contributed by atoms with Gasteiger partial charge in [-0.1, -0.05) is 92.4 Å². The van der Waals surface area contributed by atoms with E-state index in [1.54, 1.807) is 11.3 Å². The minimum Gasteiger partial charge on any atom is -0.423 e. The van der Waals surface area contributed by atoms with Crippen LogP contribution < -0.4 is 0 Å². The molecule has 5 aliphatic heterocycles. The lowest BCUT2D eigenvalue weighted by atomic mass is 9.41. The fourth-order valence-corrected chi connectivity index (χ4v) is 8.20. The number of hydrogen-bond acceptors (Lipinski definition) is 7. The maximum Gasteiger partial charge on any atom is 0.381 e. The Bertz CT molecular complexity index is 2100. The molecule has 7 nitrogen and oxygen atoms in total. The topological polar surface area (TPSA) is 43.2 Å². The van der Waals surface area contributed by atoms with Crippen LogP contribution in [0.15, 0.2) is 127 Å². The van der Waals surface area contributed by atoms with Gasteiger partial charge in [-0.05, 0) is 66.1 Å². The van der Waals surface area contributed by atoms with E-state index >= 15 is 0 Å². The first-order valence-corrected chi connectivity index (χ1v) is 16.0. The molecule has 4 aromatic rings. The van der Waals surface area contributed by atoms with E-state index in [2.05, 4.69) is 160 Å². The van der Waals surface area contributed by atoms with E-state index in [4.69, 9.17) is 9.97 Å². The highest BCUT2D eigenvalue weighted by atomic mass is 32.1. The van der Waals surface area contributed by atoms with Gasteiger partial charge in [-0.3, -0.25) is 4.40 Å². The smallest absolute Gasteiger partial charge is 0.381 e. The molecule has 0 amide bonds. The molecule has 12 heteroatoms. The third kappa shape index (κ3) is 3.80. The number of fused-ring (bicyclic) bond motifs is 13. The number of aromatic nitrogens is 3. The van der Waals surface area contributed by atoms with Crippen molar-refractivity contribution >= 4 is 70.9 Å². The molecule has 9 rings (SSSR count). The number of rotatable bonds is 1. The Morgan fingerprint density at radius 2 is 1.36 bits per heavy atom. The molecule has 0 spiro atoms. The van der Waals surface area contributed by atoms with Gasteiger partial charge in [-0.25, -0.2) is 9.97 Å². The van der Waals surface area contributed by atoms with Crippen LogP contribution in [0.3, 0.4) is 0 Å². The van der Waals surface area contributed by atoms with Gasteiger partial charge in [0.2, 0.25) is 0 Å². The first-order chi connectivity index (χ1) is 21.5. The standard InChI is InChI=1S/C32H29B4N7S/c1-32(2,3)26-23-42-35-16-8-10-18-40(35)33-14-6-9-17-39(33)34-15-7-11-19-41(34)36(42)21-25(26)30-37-22-28-31(38-30)44-29-20-24-12-4-5-13-27(24)43(28)29/h4-23H,1-3H3. The van der Waals surface area contributed by atoms with Crippen LogP contribution in [0.25, 0.3) is 31.7 Å². The zero-order chi connectivity index (χ0) is 29.6. The Kier molecular flexibility index (Phi) is 5.57. The second kappa shape index (κ2) is 9.47. The maximum atomic E-state index is 5.25. The van der Waals surface area contributed by atoms with Crippen molar-refractivity contribution in [3.63, 3.8) is 0 Å². The van der Waals surface area contributed by atoms with E-state index in [1.165, 1.54) is 21.3 Å². The summed E-state index contributed by atoms with van der Waals surface area (Å²) >= 11 is 1.73. The normalized spacial score (nSPS) is 19.1. The van der Waals surface area contributed by atoms with Gasteiger partial charge in [0, 0.05) is 11.0 Å². The monoisotopic (exact) mass is 587 g/mol. The Morgan fingerprint density at radius 3 is 2.05 bits per heavy atom. The van der Waals surface area contributed by atoms with Crippen molar-refractivity contribution in [2.24, 2.45) is 5.41 Å². The van der Waals surface area contributed by atoms with E-state index in [0.29, 0.717) is 0 Å². The molecule has 8 heterocycles. The lowest BCUT2D eigenvalue weighted by Gasteiger charge is -2.54. The third-order valence-electron chi connectivity index (χ3n) is 9.19. The quantitative estimate of drug-likeness (QED) is 0.255. The minimum atomic E-state index is -0.133. The molecule has 0 unspecified atom stereocenters. The lowest BCUT2D eigenvalue weighted by molar-refractivity contribution is 0.507. The fourth-order valence-electron chi connectivity index (χ4n) is 7.15. The predicted octanol–water partition coefficient (Wildman–Crippen LogP) is 6.01. The summed E-state index contributed by atoms with van der Waals surface area (Å²) in [5.74, 6) is 10.0. The van der Waals surface area contributed by atoms with Gasteiger partial charge in [0.05, 0.1) is 11.7 Å². The Labute approximate surface area is 262 Å². The van der Waals surface area contributed by atoms with Gasteiger partial charge in [-0.15, -0.1) is 0 Å². The number of allylic oxidation sites excluding steroid dienone is 8. The molecule has 0 bridgehead atoms. The molecule has 1 aromatic carbocycles. The molecule has 5 aliphatic rings. The summed E-state index contributed by atoms with van der Waals surface area (Å²) in [5.41, 5.74) is 4.44. The van der Waals surface area contributed by atoms with Crippen LogP contribution in [0.1, 0.15) is 26.6 Å². The van der Waals surface area contributed by atoms with Crippen molar-refractivity contribution in [1.29, 1.82) is 0 Å². The zero-order valence-corrected chi connectivity index (χ0v) is 25.7. The average molecular weight is 587 g/mol. The molecule has 44 heavy (non-hydrogen) atoms. The van der Waals surface area contributed by atoms with Gasteiger partial charge < -0.3 is 18.9 Å². The highest BCUT2D eigenvalue weighted by molar-refractivity contribution is 7.23. The van der Waals surface area contributed by atoms with E-state index < -0.39 is 0 Å². The third-order valence-corrected chi connectivity index (χ3v) is 10.2. The molecule has 1 fully saturated rings. The van der Waals surface area contributed by atoms with Gasteiger partial charge in [-0.2, -0.15) is 0 Å². The van der Waals surface area contributed by atoms with Crippen molar-refractivity contribution in [3.8, 4) is 0 Å². The van der Waals surface area contributed by atoms with E-state index in [9.17, 15) is 0 Å². The van der Waals surface area contributed by atoms with Crippen molar-refractivity contribution in [2.45, 2.75) is 20.8 Å². The summed E-state index contributed by atoms with van der Waals surface area (Å²) in [7, 11) is 0. The lowest BCUT2D eigenvalue weighted by Crippen LogP contribution is -2.73. The number of para-hydroxylation sites is 1. The van der Waals surface area contributed by atoms with Crippen LogP contribution in [-0.2, 0) is 0 Å². The van der Waals surface area contributed by atoms with E-state index in [0.717, 1.165) is 21.7 Å². The molecule has 0 aliphatic carbocycles. The number of benzene rings is 1. The summed E-state index contributed by atoms with van der Waals surface area (Å²) in [6.07, 6.45) is 24.0. The molecule has 0 saturated carbocycles. The zero-order valence-electron chi connectivity index (χ0n) is 24.9. The molecular weight excluding hydrogens is 558 g/mol. The van der Waals surface area contributed by atoms with Crippen molar-refractivity contribution in [1.82, 2.24) is 33.3 Å². The first-order valence-electron chi connectivity index (χ1n) is 15.2. The van der Waals surface area contributed by atoms with Crippen molar-refractivity contribution < 1.29 is 0 Å². The molecule has 1 saturated heterocycles. The molecule has 210 valence electrons. The van der Waals surface area contributed by atoms with E-state index in [-0.39, 0.29) is 33.3 Å². The number of nitrogens with zero attached hydrogens (tertiary/aromatic N) is 7. The second-order valence-electron chi connectivity index (χ2n) is 12.9. The first kappa shape index (κ1) is 25.9. The minimum absolute atomic E-state index is 0.0275. The van der Waals surface area contributed by atoms with Gasteiger partial charge in [0.15, 0.2) is 5.82 Å². The van der Waals surface area contributed by atoms with Crippen LogP contribution in [-0.4, -0.2) is 61.2 Å². The van der Waals surface area contributed by atoms with Crippen molar-refractivity contribution in [3.05, 3.63) is 133 Å². The summed E-state index contributed by atoms with van der Waals surface area (Å²) in [6.45, 7) is 6.94. The van der Waals surface area contributed by atoms with Crippen LogP contribution in [0, 0.1) is 5.41 Å². The largest absolute Gasteiger partial charge is 0.423 e. The van der Waals surface area contributed by atoms with Gasteiger partial charge in [0.25, 0.3) is 0 Å². The summed E-state index contributed by atoms with van der Waals surface area (Å²) in [5, 5.41) is 1.24. The van der Waals surface area contributed by atoms with Crippen LogP contribution >= 0.6 is 11.3 Å². The maximum absolute atomic E-state index is 5.25. The highest BCUT2D eigenvalue weighted by Gasteiger charge is 2.51. The van der Waals surface area contributed by atoms with E-state index in [1.807, 2.05) is 6.20 Å². The highest BCUT2D eigenvalue weighted by Crippen LogP contribution is 2.42. The Morgan fingerprint density at radius 1 is 0.727 bits per heavy atom. The van der Waals surface area contributed by atoms with Crippen LogP contribution in [0.2, 0.25) is 0 Å². The van der Waals surface area contributed by atoms with Crippen LogP contribution in [0.4, 0.5) is 0 Å². The SMILES string of the molecule is CC(C)(C)C1=CN2B3C=CC=CN3B3C=CC=CN3B3C=CC=CN3B2C=C1c1ncc2c(n1)sc1cc3ccccc3n12. The molecule has 0 radical (unpaired) electrons. The summed E-state index contributed by atoms with van der Waals surface area (Å²) < 4.78 is 12.1. The summed E-state index contributed by atoms with van der Waals surface area (Å²) in [6, 6.07) is 10.8. The van der Waals surface area contributed by atoms with Gasteiger partial charge >= 0.3 is 27.9 Å². The van der Waals surface area contributed by atoms with Crippen molar-refractivity contribution in [2.75, 3.05) is 0 Å². The molecule has 0 N–H and O–H groups in total. The predicted molar refractivity (Wildman–Crippen MR) is 187 cm³/mol. The van der Waals surface area contributed by atoms with Crippen LogP contribution in [0.5, 0.6) is 0 Å². The molecule has 3 aromatic heterocycles. The average Bonchev–Trinajstić information content (AvgIpc) is 3.59. The number of thiazole rings is 1. The fraction of sp³-hybridized carbons (Fsp3) is 0.125. The van der Waals surface area contributed by atoms with Gasteiger partial charge in [0.1, 0.15) is 15.2 Å². The molecule has 0 atom stereocenters. The molecular formula is C32H29B4N7S. The Hall–Kier alpha value is -4.56. The second-order valence-corrected chi connectivity index (χ2v) is 13.9.